The Morgan fingerprint density at radius 1 is 1.24 bits per heavy atom. The van der Waals surface area contributed by atoms with E-state index in [2.05, 4.69) is 6.08 Å². The summed E-state index contributed by atoms with van der Waals surface area (Å²) in [6.07, 6.45) is 3.80. The van der Waals surface area contributed by atoms with Gasteiger partial charge in [-0.05, 0) is 32.6 Å². The molecule has 2 aliphatic carbocycles. The van der Waals surface area contributed by atoms with E-state index in [1.165, 1.54) is 0 Å². The molecule has 0 spiro atoms. The van der Waals surface area contributed by atoms with E-state index in [0.29, 0.717) is 13.2 Å². The van der Waals surface area contributed by atoms with Crippen LogP contribution in [0.3, 0.4) is 0 Å². The predicted octanol–water partition coefficient (Wildman–Crippen LogP) is 1.70. The van der Waals surface area contributed by atoms with Crippen molar-refractivity contribution in [3.05, 3.63) is 11.6 Å². The van der Waals surface area contributed by atoms with E-state index in [-0.39, 0.29) is 23.8 Å². The number of hydrogen-bond acceptors (Lipinski definition) is 4. The van der Waals surface area contributed by atoms with Crippen molar-refractivity contribution in [2.75, 3.05) is 13.2 Å². The third-order valence-electron chi connectivity index (χ3n) is 3.55. The number of allylic oxidation sites excluding steroid dienone is 1. The molecule has 17 heavy (non-hydrogen) atoms. The summed E-state index contributed by atoms with van der Waals surface area (Å²) in [7, 11) is 0. The average Bonchev–Trinajstić information content (AvgIpc) is 2.89. The van der Waals surface area contributed by atoms with Crippen LogP contribution in [0.5, 0.6) is 0 Å². The van der Waals surface area contributed by atoms with Gasteiger partial charge in [-0.1, -0.05) is 11.6 Å². The van der Waals surface area contributed by atoms with Crippen molar-refractivity contribution >= 4 is 11.9 Å². The molecule has 3 atom stereocenters. The SMILES string of the molecule is CCOC(=O)C1C2=CCC(C2)C1C(=O)OCC. The quantitative estimate of drug-likeness (QED) is 0.552. The van der Waals surface area contributed by atoms with E-state index in [4.69, 9.17) is 9.47 Å². The number of rotatable bonds is 4. The van der Waals surface area contributed by atoms with Gasteiger partial charge in [-0.25, -0.2) is 0 Å². The first-order chi connectivity index (χ1) is 8.19. The van der Waals surface area contributed by atoms with Gasteiger partial charge >= 0.3 is 11.9 Å². The summed E-state index contributed by atoms with van der Waals surface area (Å²) in [5.74, 6) is -1.02. The average molecular weight is 238 g/mol. The van der Waals surface area contributed by atoms with Crippen molar-refractivity contribution in [1.82, 2.24) is 0 Å². The van der Waals surface area contributed by atoms with Gasteiger partial charge in [0.05, 0.1) is 25.0 Å². The summed E-state index contributed by atoms with van der Waals surface area (Å²) in [4.78, 5) is 23.8. The zero-order valence-corrected chi connectivity index (χ0v) is 10.3. The monoisotopic (exact) mass is 238 g/mol. The van der Waals surface area contributed by atoms with Gasteiger partial charge < -0.3 is 9.47 Å². The standard InChI is InChI=1S/C13H18O4/c1-3-16-12(14)10-8-5-6-9(7-8)11(10)13(15)17-4-2/h5,9-11H,3-4,6-7H2,1-2H3. The minimum atomic E-state index is -0.396. The van der Waals surface area contributed by atoms with Crippen LogP contribution in [0, 0.1) is 17.8 Å². The van der Waals surface area contributed by atoms with Gasteiger partial charge in [0, 0.05) is 0 Å². The van der Waals surface area contributed by atoms with Gasteiger partial charge in [0.25, 0.3) is 0 Å². The smallest absolute Gasteiger partial charge is 0.313 e. The zero-order chi connectivity index (χ0) is 12.4. The maximum atomic E-state index is 11.9. The van der Waals surface area contributed by atoms with Gasteiger partial charge in [0.2, 0.25) is 0 Å². The lowest BCUT2D eigenvalue weighted by molar-refractivity contribution is -0.159. The topological polar surface area (TPSA) is 52.6 Å². The Hall–Kier alpha value is -1.32. The summed E-state index contributed by atoms with van der Waals surface area (Å²) >= 11 is 0. The third-order valence-corrected chi connectivity index (χ3v) is 3.55. The molecule has 0 aliphatic heterocycles. The fraction of sp³-hybridized carbons (Fsp3) is 0.692. The van der Waals surface area contributed by atoms with E-state index >= 15 is 0 Å². The Bertz CT molecular complexity index is 358. The van der Waals surface area contributed by atoms with Crippen LogP contribution in [0.25, 0.3) is 0 Å². The summed E-state index contributed by atoms with van der Waals surface area (Å²) in [5, 5.41) is 0. The van der Waals surface area contributed by atoms with Crippen LogP contribution < -0.4 is 0 Å². The Morgan fingerprint density at radius 2 is 1.88 bits per heavy atom. The second-order valence-corrected chi connectivity index (χ2v) is 4.49. The van der Waals surface area contributed by atoms with Crippen molar-refractivity contribution in [3.63, 3.8) is 0 Å². The van der Waals surface area contributed by atoms with Crippen LogP contribution in [0.2, 0.25) is 0 Å². The molecule has 94 valence electrons. The fourth-order valence-corrected chi connectivity index (χ4v) is 2.90. The highest BCUT2D eigenvalue weighted by molar-refractivity contribution is 5.86. The Balaban J connectivity index is 2.16. The van der Waals surface area contributed by atoms with Crippen LogP contribution in [0.4, 0.5) is 0 Å². The summed E-state index contributed by atoms with van der Waals surface area (Å²) in [5.41, 5.74) is 1.06. The van der Waals surface area contributed by atoms with Gasteiger partial charge in [-0.2, -0.15) is 0 Å². The van der Waals surface area contributed by atoms with E-state index in [0.717, 1.165) is 18.4 Å². The minimum Gasteiger partial charge on any atom is -0.466 e. The lowest BCUT2D eigenvalue weighted by Crippen LogP contribution is -2.34. The molecule has 4 nitrogen and oxygen atoms in total. The first-order valence-corrected chi connectivity index (χ1v) is 6.21. The number of carbonyl (C=O) groups excluding carboxylic acids is 2. The van der Waals surface area contributed by atoms with Crippen LogP contribution in [-0.4, -0.2) is 25.2 Å². The molecular formula is C13H18O4. The molecule has 0 aromatic heterocycles. The lowest BCUT2D eigenvalue weighted by atomic mass is 9.83. The molecule has 0 saturated heterocycles. The van der Waals surface area contributed by atoms with Crippen LogP contribution in [-0.2, 0) is 19.1 Å². The highest BCUT2D eigenvalue weighted by Crippen LogP contribution is 2.49. The normalized spacial score (nSPS) is 30.0. The second-order valence-electron chi connectivity index (χ2n) is 4.49. The first-order valence-electron chi connectivity index (χ1n) is 6.21. The first kappa shape index (κ1) is 12.1. The summed E-state index contributed by atoms with van der Waals surface area (Å²) in [6.45, 7) is 4.27. The molecule has 0 heterocycles. The molecule has 2 rings (SSSR count). The van der Waals surface area contributed by atoms with E-state index < -0.39 is 5.92 Å². The van der Waals surface area contributed by atoms with Crippen molar-refractivity contribution in [2.45, 2.75) is 26.7 Å². The number of fused-ring (bicyclic) bond motifs is 2. The maximum Gasteiger partial charge on any atom is 0.313 e. The van der Waals surface area contributed by atoms with Crippen molar-refractivity contribution < 1.29 is 19.1 Å². The molecule has 1 saturated carbocycles. The highest BCUT2D eigenvalue weighted by Gasteiger charge is 2.51. The molecule has 3 unspecified atom stereocenters. The van der Waals surface area contributed by atoms with Gasteiger partial charge in [-0.15, -0.1) is 0 Å². The molecule has 0 radical (unpaired) electrons. The Labute approximate surface area is 101 Å². The predicted molar refractivity (Wildman–Crippen MR) is 61.1 cm³/mol. The van der Waals surface area contributed by atoms with Crippen molar-refractivity contribution in [1.29, 1.82) is 0 Å². The van der Waals surface area contributed by atoms with Gasteiger partial charge in [0.1, 0.15) is 0 Å². The molecule has 2 bridgehead atoms. The number of carbonyl (C=O) groups is 2. The summed E-state index contributed by atoms with van der Waals surface area (Å²) < 4.78 is 10.1. The molecule has 2 aliphatic rings. The lowest BCUT2D eigenvalue weighted by Gasteiger charge is -2.23. The van der Waals surface area contributed by atoms with E-state index in [1.807, 2.05) is 0 Å². The van der Waals surface area contributed by atoms with Crippen molar-refractivity contribution in [3.8, 4) is 0 Å². The Kier molecular flexibility index (Phi) is 3.50. The minimum absolute atomic E-state index is 0.235. The van der Waals surface area contributed by atoms with Crippen LogP contribution in [0.15, 0.2) is 11.6 Å². The van der Waals surface area contributed by atoms with Crippen LogP contribution >= 0.6 is 0 Å². The second kappa shape index (κ2) is 4.90. The highest BCUT2D eigenvalue weighted by atomic mass is 16.5. The summed E-state index contributed by atoms with van der Waals surface area (Å²) in [6, 6.07) is 0. The maximum absolute atomic E-state index is 11.9. The molecule has 0 aromatic carbocycles. The largest absolute Gasteiger partial charge is 0.466 e. The molecular weight excluding hydrogens is 220 g/mol. The van der Waals surface area contributed by atoms with Gasteiger partial charge in [0.15, 0.2) is 0 Å². The molecule has 1 fully saturated rings. The van der Waals surface area contributed by atoms with Crippen LogP contribution in [0.1, 0.15) is 26.7 Å². The number of ether oxygens (including phenoxy) is 2. The molecule has 0 aromatic rings. The third kappa shape index (κ3) is 2.08. The number of esters is 2. The fourth-order valence-electron chi connectivity index (χ4n) is 2.90. The molecule has 0 N–H and O–H groups in total. The molecule has 0 amide bonds. The van der Waals surface area contributed by atoms with Crippen molar-refractivity contribution in [2.24, 2.45) is 17.8 Å². The zero-order valence-electron chi connectivity index (χ0n) is 10.3. The van der Waals surface area contributed by atoms with E-state index in [9.17, 15) is 9.59 Å². The number of hydrogen-bond donors (Lipinski definition) is 0. The molecule has 4 heteroatoms. The Morgan fingerprint density at radius 3 is 2.53 bits per heavy atom. The van der Waals surface area contributed by atoms with E-state index in [1.54, 1.807) is 13.8 Å². The van der Waals surface area contributed by atoms with Gasteiger partial charge in [-0.3, -0.25) is 9.59 Å².